The van der Waals surface area contributed by atoms with Crippen LogP contribution in [0, 0.1) is 10.1 Å². The number of nitro groups is 1. The Balaban J connectivity index is 1.64. The van der Waals surface area contributed by atoms with Gasteiger partial charge in [-0.3, -0.25) is 24.5 Å². The van der Waals surface area contributed by atoms with Crippen LogP contribution in [-0.4, -0.2) is 74.3 Å². The minimum Gasteiger partial charge on any atom is -0.458 e. The van der Waals surface area contributed by atoms with Gasteiger partial charge in [-0.15, -0.1) is 11.3 Å². The quantitative estimate of drug-likeness (QED) is 0.114. The number of thiazole rings is 1. The molecule has 16 nitrogen and oxygen atoms in total. The number of anilines is 1. The second-order valence-corrected chi connectivity index (χ2v) is 11.7. The molecule has 0 aliphatic carbocycles. The Hall–Kier alpha value is -4.64. The van der Waals surface area contributed by atoms with Gasteiger partial charge in [0.05, 0.1) is 11.0 Å². The zero-order chi connectivity index (χ0) is 32.1. The lowest BCUT2D eigenvalue weighted by Crippen LogP contribution is -2.70. The van der Waals surface area contributed by atoms with E-state index in [0.29, 0.717) is 5.56 Å². The van der Waals surface area contributed by atoms with E-state index in [1.807, 2.05) is 0 Å². The Labute approximate surface area is 250 Å². The summed E-state index contributed by atoms with van der Waals surface area (Å²) in [5.74, 6) is -2.97. The van der Waals surface area contributed by atoms with E-state index in [9.17, 15) is 29.3 Å². The van der Waals surface area contributed by atoms with Gasteiger partial charge < -0.3 is 25.4 Å². The third-order valence-corrected chi connectivity index (χ3v) is 6.39. The van der Waals surface area contributed by atoms with Crippen molar-refractivity contribution in [3.05, 3.63) is 51.0 Å². The molecule has 0 bridgehead atoms. The standard InChI is InChI=1S/C26H32N6O10S/c1-14-19(22(35)31(14)40-12-18(33)41-25(2,3)4)29-21(34)20(17-13-43-24(27)28-17)30-42-26(5,6)23(36)39-11-15-7-9-16(10-8-15)32(37)38/h7-10,13-14,19H,11-12H2,1-6H3,(H2,27,28)(H,29,34)/b30-20-/t14-,19-/m0/s1. The number of non-ortho nitro benzene ring substituents is 1. The Morgan fingerprint density at radius 1 is 1.19 bits per heavy atom. The molecule has 232 valence electrons. The summed E-state index contributed by atoms with van der Waals surface area (Å²) in [4.78, 5) is 75.5. The molecule has 17 heteroatoms. The summed E-state index contributed by atoms with van der Waals surface area (Å²) >= 11 is 1.03. The zero-order valence-corrected chi connectivity index (χ0v) is 25.1. The summed E-state index contributed by atoms with van der Waals surface area (Å²) < 4.78 is 10.4. The number of hydrogen-bond donors (Lipinski definition) is 2. The monoisotopic (exact) mass is 620 g/mol. The number of carbonyl (C=O) groups excluding carboxylic acids is 4. The number of carbonyl (C=O) groups is 4. The Kier molecular flexibility index (Phi) is 10.0. The van der Waals surface area contributed by atoms with Crippen molar-refractivity contribution in [1.29, 1.82) is 0 Å². The summed E-state index contributed by atoms with van der Waals surface area (Å²) in [6.45, 7) is 8.70. The second kappa shape index (κ2) is 13.1. The van der Waals surface area contributed by atoms with Crippen molar-refractivity contribution in [1.82, 2.24) is 15.4 Å². The minimum atomic E-state index is -1.68. The fraction of sp³-hybridized carbons (Fsp3) is 0.462. The highest BCUT2D eigenvalue weighted by atomic mass is 32.1. The topological polar surface area (TPSA) is 215 Å². The largest absolute Gasteiger partial charge is 0.458 e. The number of aromatic nitrogens is 1. The van der Waals surface area contributed by atoms with E-state index < -0.39 is 58.6 Å². The van der Waals surface area contributed by atoms with Gasteiger partial charge in [-0.25, -0.2) is 19.6 Å². The first-order chi connectivity index (χ1) is 20.0. The molecule has 0 spiro atoms. The molecule has 2 aromatic rings. The molecule has 0 saturated carbocycles. The number of amides is 2. The number of nitrogens with two attached hydrogens (primary N) is 1. The number of oxime groups is 1. The van der Waals surface area contributed by atoms with Crippen molar-refractivity contribution in [2.45, 2.75) is 71.4 Å². The maximum atomic E-state index is 13.2. The first-order valence-electron chi connectivity index (χ1n) is 12.9. The summed E-state index contributed by atoms with van der Waals surface area (Å²) in [6, 6.07) is 3.77. The lowest BCUT2D eigenvalue weighted by molar-refractivity contribution is -0.384. The van der Waals surface area contributed by atoms with Gasteiger partial charge >= 0.3 is 11.9 Å². The van der Waals surface area contributed by atoms with E-state index >= 15 is 0 Å². The molecule has 2 heterocycles. The molecule has 1 fully saturated rings. The first kappa shape index (κ1) is 32.9. The summed E-state index contributed by atoms with van der Waals surface area (Å²) in [5.41, 5.74) is 3.37. The normalized spacial score (nSPS) is 17.1. The molecule has 3 N–H and O–H groups in total. The molecule has 1 aliphatic rings. The summed E-state index contributed by atoms with van der Waals surface area (Å²) in [7, 11) is 0. The van der Waals surface area contributed by atoms with Gasteiger partial charge in [0.25, 0.3) is 17.5 Å². The number of nitrogens with zero attached hydrogens (tertiary/aromatic N) is 4. The Morgan fingerprint density at radius 2 is 1.84 bits per heavy atom. The van der Waals surface area contributed by atoms with Crippen molar-refractivity contribution in [2.75, 3.05) is 12.3 Å². The van der Waals surface area contributed by atoms with E-state index in [0.717, 1.165) is 16.4 Å². The van der Waals surface area contributed by atoms with Crippen molar-refractivity contribution >= 4 is 51.6 Å². The van der Waals surface area contributed by atoms with E-state index in [2.05, 4.69) is 15.5 Å². The molecule has 43 heavy (non-hydrogen) atoms. The van der Waals surface area contributed by atoms with Gasteiger partial charge in [0.2, 0.25) is 5.60 Å². The third-order valence-electron chi connectivity index (χ3n) is 5.72. The minimum absolute atomic E-state index is 0.0347. The van der Waals surface area contributed by atoms with Crippen molar-refractivity contribution in [3.63, 3.8) is 0 Å². The SMILES string of the molecule is C[C@H]1[C@H](NC(=O)/C(=N\OC(C)(C)C(=O)OCc2ccc([N+](=O)[O-])cc2)c2csc(N)n2)C(=O)N1OCC(=O)OC(C)(C)C. The predicted octanol–water partition coefficient (Wildman–Crippen LogP) is 1.87. The fourth-order valence-electron chi connectivity index (χ4n) is 3.50. The van der Waals surface area contributed by atoms with Crippen LogP contribution in [0.25, 0.3) is 0 Å². The molecular weight excluding hydrogens is 588 g/mol. The summed E-state index contributed by atoms with van der Waals surface area (Å²) in [6.07, 6.45) is 0. The number of rotatable bonds is 12. The van der Waals surface area contributed by atoms with Crippen LogP contribution in [0.3, 0.4) is 0 Å². The molecule has 1 aromatic carbocycles. The Bertz CT molecular complexity index is 1420. The fourth-order valence-corrected chi connectivity index (χ4v) is 4.05. The molecule has 3 rings (SSSR count). The van der Waals surface area contributed by atoms with E-state index in [1.165, 1.54) is 43.5 Å². The molecule has 1 aromatic heterocycles. The second-order valence-electron chi connectivity index (χ2n) is 10.8. The smallest absolute Gasteiger partial charge is 0.353 e. The van der Waals surface area contributed by atoms with Crippen LogP contribution in [0.2, 0.25) is 0 Å². The van der Waals surface area contributed by atoms with Crippen molar-refractivity contribution in [3.8, 4) is 0 Å². The van der Waals surface area contributed by atoms with Gasteiger partial charge in [-0.2, -0.15) is 0 Å². The number of nitrogen functional groups attached to an aromatic ring is 1. The van der Waals surface area contributed by atoms with E-state index in [1.54, 1.807) is 27.7 Å². The van der Waals surface area contributed by atoms with Crippen molar-refractivity contribution in [2.24, 2.45) is 5.16 Å². The zero-order valence-electron chi connectivity index (χ0n) is 24.3. The van der Waals surface area contributed by atoms with Crippen molar-refractivity contribution < 1.29 is 43.3 Å². The number of hydroxylamine groups is 2. The number of nitrogens with one attached hydrogen (secondary N) is 1. The highest BCUT2D eigenvalue weighted by Gasteiger charge is 2.48. The number of hydrogen-bond acceptors (Lipinski definition) is 14. The average molecular weight is 621 g/mol. The number of benzene rings is 1. The molecule has 2 amide bonds. The van der Waals surface area contributed by atoms with E-state index in [4.69, 9.17) is 24.9 Å². The van der Waals surface area contributed by atoms with Crippen LogP contribution >= 0.6 is 11.3 Å². The number of esters is 2. The van der Waals surface area contributed by atoms with Crippen LogP contribution in [0.5, 0.6) is 0 Å². The maximum absolute atomic E-state index is 13.2. The van der Waals surface area contributed by atoms with Crippen LogP contribution in [0.1, 0.15) is 52.8 Å². The van der Waals surface area contributed by atoms with Gasteiger partial charge in [-0.05, 0) is 59.2 Å². The predicted molar refractivity (Wildman–Crippen MR) is 151 cm³/mol. The lowest BCUT2D eigenvalue weighted by atomic mass is 10.00. The van der Waals surface area contributed by atoms with Gasteiger partial charge in [0.15, 0.2) is 17.5 Å². The van der Waals surface area contributed by atoms with Crippen LogP contribution in [0.15, 0.2) is 34.8 Å². The molecule has 0 unspecified atom stereocenters. The highest BCUT2D eigenvalue weighted by molar-refractivity contribution is 7.13. The lowest BCUT2D eigenvalue weighted by Gasteiger charge is -2.43. The molecule has 0 radical (unpaired) electrons. The Morgan fingerprint density at radius 3 is 2.37 bits per heavy atom. The molecule has 2 atom stereocenters. The van der Waals surface area contributed by atoms with E-state index in [-0.39, 0.29) is 28.8 Å². The van der Waals surface area contributed by atoms with Crippen LogP contribution < -0.4 is 11.1 Å². The van der Waals surface area contributed by atoms with Gasteiger partial charge in [0.1, 0.15) is 23.9 Å². The van der Waals surface area contributed by atoms with Crippen LogP contribution in [0.4, 0.5) is 10.8 Å². The highest BCUT2D eigenvalue weighted by Crippen LogP contribution is 2.22. The molecule has 1 aliphatic heterocycles. The number of β-lactam (4-membered cyclic amide) rings is 1. The maximum Gasteiger partial charge on any atom is 0.353 e. The summed E-state index contributed by atoms with van der Waals surface area (Å²) in [5, 5.41) is 19.7. The average Bonchev–Trinajstić information content (AvgIpc) is 3.35. The molecular formula is C26H32N6O10S. The number of nitro benzene ring substituents is 1. The van der Waals surface area contributed by atoms with Gasteiger partial charge in [0, 0.05) is 17.5 Å². The first-order valence-corrected chi connectivity index (χ1v) is 13.7. The van der Waals surface area contributed by atoms with Crippen LogP contribution in [-0.2, 0) is 44.9 Å². The third kappa shape index (κ3) is 8.68. The number of ether oxygens (including phenoxy) is 2. The van der Waals surface area contributed by atoms with Gasteiger partial charge in [-0.1, -0.05) is 5.16 Å². The molecule has 1 saturated heterocycles.